The molecule has 10 heteroatoms. The first kappa shape index (κ1) is 27.9. The number of carbonyl (C=O) groups is 3. The second-order valence-electron chi connectivity index (χ2n) is 9.25. The van der Waals surface area contributed by atoms with Crippen LogP contribution in [0.15, 0.2) is 66.9 Å². The summed E-state index contributed by atoms with van der Waals surface area (Å²) in [5.74, 6) is -2.50. The van der Waals surface area contributed by atoms with Crippen molar-refractivity contribution in [2.24, 2.45) is 5.92 Å². The van der Waals surface area contributed by atoms with Crippen LogP contribution in [0.1, 0.15) is 38.8 Å². The molecule has 3 rings (SSSR count). The van der Waals surface area contributed by atoms with E-state index in [1.165, 1.54) is 18.0 Å². The van der Waals surface area contributed by atoms with Gasteiger partial charge in [0.25, 0.3) is 5.91 Å². The van der Waals surface area contributed by atoms with Gasteiger partial charge in [0.05, 0.1) is 11.7 Å². The zero-order valence-corrected chi connectivity index (χ0v) is 21.0. The smallest absolute Gasteiger partial charge is 0.382 e. The van der Waals surface area contributed by atoms with Crippen LogP contribution >= 0.6 is 0 Å². The molecule has 0 bridgehead atoms. The van der Waals surface area contributed by atoms with Crippen molar-refractivity contribution in [2.75, 3.05) is 0 Å². The molecule has 1 N–H and O–H groups in total. The summed E-state index contributed by atoms with van der Waals surface area (Å²) in [6.07, 6.45) is -7.04. The Bertz CT molecular complexity index is 1150. The topological polar surface area (TPSA) is 81.2 Å². The standard InChI is InChI=1S/C27H30F3N3O4/c1-17(2)24-26(37)33(23(16-31(24)18(3)34)21-13-9-6-10-14-21)32(19(4)35)22(25(36)27(28,29)30)15-20-11-7-5-8-12-20/h5-14,16-17,22,24-25,36H,15H2,1-4H3/t22?,24-,25?/m1/s1. The predicted molar refractivity (Wildman–Crippen MR) is 131 cm³/mol. The fraction of sp³-hybridized carbons (Fsp3) is 0.370. The predicted octanol–water partition coefficient (Wildman–Crippen LogP) is 4.00. The third kappa shape index (κ3) is 6.02. The molecule has 198 valence electrons. The lowest BCUT2D eigenvalue weighted by molar-refractivity contribution is -0.232. The third-order valence-corrected chi connectivity index (χ3v) is 6.16. The van der Waals surface area contributed by atoms with Gasteiger partial charge < -0.3 is 10.0 Å². The highest BCUT2D eigenvalue weighted by Gasteiger charge is 2.51. The van der Waals surface area contributed by atoms with E-state index in [9.17, 15) is 32.7 Å². The van der Waals surface area contributed by atoms with E-state index in [0.717, 1.165) is 11.9 Å². The first-order chi connectivity index (χ1) is 17.3. The molecule has 0 saturated heterocycles. The average molecular weight is 518 g/mol. The zero-order valence-electron chi connectivity index (χ0n) is 21.0. The molecule has 2 unspecified atom stereocenters. The Morgan fingerprint density at radius 1 is 1.00 bits per heavy atom. The first-order valence-corrected chi connectivity index (χ1v) is 11.8. The fourth-order valence-electron chi connectivity index (χ4n) is 4.48. The highest BCUT2D eigenvalue weighted by Crippen LogP contribution is 2.35. The van der Waals surface area contributed by atoms with Gasteiger partial charge in [-0.15, -0.1) is 0 Å². The summed E-state index contributed by atoms with van der Waals surface area (Å²) in [7, 11) is 0. The summed E-state index contributed by atoms with van der Waals surface area (Å²) < 4.78 is 41.8. The number of aliphatic hydroxyl groups excluding tert-OH is 1. The van der Waals surface area contributed by atoms with Gasteiger partial charge in [0, 0.05) is 25.6 Å². The van der Waals surface area contributed by atoms with Crippen molar-refractivity contribution in [3.8, 4) is 0 Å². The van der Waals surface area contributed by atoms with Gasteiger partial charge in [-0.05, 0) is 17.9 Å². The lowest BCUT2D eigenvalue weighted by Gasteiger charge is -2.48. The van der Waals surface area contributed by atoms with Crippen molar-refractivity contribution in [1.29, 1.82) is 0 Å². The van der Waals surface area contributed by atoms with Crippen molar-refractivity contribution in [3.63, 3.8) is 0 Å². The molecule has 3 atom stereocenters. The number of alkyl halides is 3. The van der Waals surface area contributed by atoms with Gasteiger partial charge in [-0.2, -0.15) is 13.2 Å². The minimum Gasteiger partial charge on any atom is -0.382 e. The molecule has 1 aliphatic heterocycles. The maximum absolute atomic E-state index is 14.0. The molecule has 1 heterocycles. The summed E-state index contributed by atoms with van der Waals surface area (Å²) in [6.45, 7) is 5.72. The van der Waals surface area contributed by atoms with Crippen molar-refractivity contribution in [1.82, 2.24) is 14.9 Å². The number of halogens is 3. The molecule has 0 saturated carbocycles. The molecular formula is C27H30F3N3O4. The normalized spacial score (nSPS) is 17.9. The van der Waals surface area contributed by atoms with Gasteiger partial charge in [0.15, 0.2) is 6.10 Å². The van der Waals surface area contributed by atoms with Gasteiger partial charge in [0.2, 0.25) is 11.8 Å². The van der Waals surface area contributed by atoms with Crippen LogP contribution in [0.25, 0.3) is 5.70 Å². The van der Waals surface area contributed by atoms with Crippen LogP contribution in [0.4, 0.5) is 13.2 Å². The molecule has 1 aliphatic rings. The van der Waals surface area contributed by atoms with Gasteiger partial charge >= 0.3 is 6.18 Å². The SMILES string of the molecule is CC(=O)N1C=C(c2ccccc2)N(N(C(C)=O)C(Cc2ccccc2)C(O)C(F)(F)F)C(=O)[C@H]1C(C)C. The maximum atomic E-state index is 14.0. The number of hydrogen-bond acceptors (Lipinski definition) is 4. The van der Waals surface area contributed by atoms with E-state index < -0.39 is 48.0 Å². The summed E-state index contributed by atoms with van der Waals surface area (Å²) in [6, 6.07) is 13.4. The van der Waals surface area contributed by atoms with Gasteiger partial charge in [-0.1, -0.05) is 74.5 Å². The lowest BCUT2D eigenvalue weighted by Crippen LogP contribution is -2.65. The maximum Gasteiger partial charge on any atom is 0.416 e. The van der Waals surface area contributed by atoms with Crippen molar-refractivity contribution in [3.05, 3.63) is 78.0 Å². The Morgan fingerprint density at radius 2 is 1.54 bits per heavy atom. The van der Waals surface area contributed by atoms with E-state index in [2.05, 4.69) is 0 Å². The van der Waals surface area contributed by atoms with Gasteiger partial charge in [-0.25, -0.2) is 10.0 Å². The summed E-state index contributed by atoms with van der Waals surface area (Å²) >= 11 is 0. The second kappa shape index (κ2) is 11.2. The van der Waals surface area contributed by atoms with Crippen molar-refractivity contribution < 1.29 is 32.7 Å². The number of carbonyl (C=O) groups excluding carboxylic acids is 3. The third-order valence-electron chi connectivity index (χ3n) is 6.16. The van der Waals surface area contributed by atoms with Crippen LogP contribution < -0.4 is 0 Å². The first-order valence-electron chi connectivity index (χ1n) is 11.8. The summed E-state index contributed by atoms with van der Waals surface area (Å²) in [5, 5.41) is 12.0. The molecule has 0 aromatic heterocycles. The van der Waals surface area contributed by atoms with Crippen molar-refractivity contribution in [2.45, 2.75) is 58.5 Å². The molecule has 3 amide bonds. The lowest BCUT2D eigenvalue weighted by atomic mass is 9.96. The Morgan fingerprint density at radius 3 is 2.00 bits per heavy atom. The molecule has 0 radical (unpaired) electrons. The highest BCUT2D eigenvalue weighted by atomic mass is 19.4. The van der Waals surface area contributed by atoms with Gasteiger partial charge in [-0.3, -0.25) is 14.4 Å². The van der Waals surface area contributed by atoms with E-state index in [1.807, 2.05) is 0 Å². The molecular weight excluding hydrogens is 487 g/mol. The van der Waals surface area contributed by atoms with Crippen LogP contribution in [0, 0.1) is 5.92 Å². The molecule has 2 aromatic rings. The quantitative estimate of drug-likeness (QED) is 0.602. The highest BCUT2D eigenvalue weighted by molar-refractivity contribution is 5.98. The van der Waals surface area contributed by atoms with Crippen LogP contribution in [0.2, 0.25) is 0 Å². The van der Waals surface area contributed by atoms with Crippen LogP contribution in [-0.2, 0) is 20.8 Å². The average Bonchev–Trinajstić information content (AvgIpc) is 2.83. The van der Waals surface area contributed by atoms with Crippen molar-refractivity contribution >= 4 is 23.4 Å². The fourth-order valence-corrected chi connectivity index (χ4v) is 4.48. The Hall–Kier alpha value is -3.66. The number of amides is 3. The van der Waals surface area contributed by atoms with E-state index >= 15 is 0 Å². The molecule has 2 aromatic carbocycles. The van der Waals surface area contributed by atoms with Crippen LogP contribution in [0.3, 0.4) is 0 Å². The van der Waals surface area contributed by atoms with Crippen LogP contribution in [-0.4, -0.2) is 62.1 Å². The molecule has 0 fully saturated rings. The number of aliphatic hydroxyl groups is 1. The van der Waals surface area contributed by atoms with E-state index in [0.29, 0.717) is 16.1 Å². The Balaban J connectivity index is 2.26. The van der Waals surface area contributed by atoms with E-state index in [-0.39, 0.29) is 12.1 Å². The molecule has 0 aliphatic carbocycles. The summed E-state index contributed by atoms with van der Waals surface area (Å²) in [5.41, 5.74) is 0.873. The minimum absolute atomic E-state index is 0.0420. The van der Waals surface area contributed by atoms with E-state index in [1.54, 1.807) is 74.5 Å². The Labute approximate surface area is 213 Å². The number of hydrazine groups is 1. The largest absolute Gasteiger partial charge is 0.416 e. The molecule has 37 heavy (non-hydrogen) atoms. The van der Waals surface area contributed by atoms with Gasteiger partial charge in [0.1, 0.15) is 6.04 Å². The molecule has 7 nitrogen and oxygen atoms in total. The number of nitrogens with zero attached hydrogens (tertiary/aromatic N) is 3. The number of hydrogen-bond donors (Lipinski definition) is 1. The zero-order chi connectivity index (χ0) is 27.5. The number of benzene rings is 2. The monoisotopic (exact) mass is 517 g/mol. The second-order valence-corrected chi connectivity index (χ2v) is 9.25. The minimum atomic E-state index is -5.08. The molecule has 0 spiro atoms. The summed E-state index contributed by atoms with van der Waals surface area (Å²) in [4.78, 5) is 40.8. The van der Waals surface area contributed by atoms with Crippen LogP contribution in [0.5, 0.6) is 0 Å². The van der Waals surface area contributed by atoms with E-state index in [4.69, 9.17) is 0 Å². The Kier molecular flexibility index (Phi) is 8.42. The number of rotatable bonds is 7.